The van der Waals surface area contributed by atoms with Crippen molar-refractivity contribution in [3.63, 3.8) is 0 Å². The van der Waals surface area contributed by atoms with Gasteiger partial charge in [-0.25, -0.2) is 9.78 Å². The van der Waals surface area contributed by atoms with E-state index in [2.05, 4.69) is 31.2 Å². The first kappa shape index (κ1) is 56.7. The Morgan fingerprint density at radius 3 is 1.64 bits per heavy atom. The third kappa shape index (κ3) is 14.2. The Hall–Kier alpha value is -6.62. The number of carboxylic acid groups (broad SMARTS) is 1. The Bertz CT molecular complexity index is 2330. The van der Waals surface area contributed by atoms with Crippen LogP contribution in [-0.2, 0) is 56.0 Å². The lowest BCUT2D eigenvalue weighted by Crippen LogP contribution is -2.61. The van der Waals surface area contributed by atoms with Crippen molar-refractivity contribution in [3.05, 3.63) is 48.0 Å². The number of rotatable bonds is 22. The molecule has 4 aliphatic heterocycles. The molecule has 2 aromatic rings. The van der Waals surface area contributed by atoms with Crippen LogP contribution in [0.5, 0.6) is 5.75 Å². The van der Waals surface area contributed by atoms with E-state index < -0.39 is 114 Å². The molecule has 6 rings (SSSR count). The van der Waals surface area contributed by atoms with Gasteiger partial charge in [0.05, 0.1) is 18.5 Å². The zero-order valence-electron chi connectivity index (χ0n) is 43.0. The van der Waals surface area contributed by atoms with Gasteiger partial charge in [-0.05, 0) is 101 Å². The quantitative estimate of drug-likeness (QED) is 0.0731. The van der Waals surface area contributed by atoms with Crippen LogP contribution in [0.2, 0.25) is 0 Å². The molecular formula is C51H75N11O12. The molecule has 5 heterocycles. The fraction of sp³-hybridized carbons (Fsp3) is 0.647. The summed E-state index contributed by atoms with van der Waals surface area (Å²) in [6, 6.07) is -3.70. The molecule has 23 heteroatoms. The minimum Gasteiger partial charge on any atom is -0.508 e. The summed E-state index contributed by atoms with van der Waals surface area (Å²) in [5.41, 5.74) is 7.33. The number of hydrogen-bond acceptors (Lipinski definition) is 13. The molecule has 0 saturated carbocycles. The Balaban J connectivity index is 1.13. The molecule has 74 heavy (non-hydrogen) atoms. The Kier molecular flexibility index (Phi) is 19.6. The van der Waals surface area contributed by atoms with Gasteiger partial charge in [0.15, 0.2) is 0 Å². The van der Waals surface area contributed by atoms with Crippen molar-refractivity contribution in [2.24, 2.45) is 17.6 Å². The van der Waals surface area contributed by atoms with Crippen LogP contribution >= 0.6 is 0 Å². The number of H-pyrrole nitrogens is 1. The van der Waals surface area contributed by atoms with Gasteiger partial charge < -0.3 is 66.9 Å². The lowest BCUT2D eigenvalue weighted by Gasteiger charge is -2.36. The van der Waals surface area contributed by atoms with Crippen LogP contribution < -0.4 is 27.0 Å². The molecule has 0 unspecified atom stereocenters. The van der Waals surface area contributed by atoms with E-state index in [4.69, 9.17) is 5.73 Å². The lowest BCUT2D eigenvalue weighted by atomic mass is 10.0. The zero-order chi connectivity index (χ0) is 54.0. The monoisotopic (exact) mass is 1030 g/mol. The fourth-order valence-electron chi connectivity index (χ4n) is 10.6. The molecule has 1 aromatic carbocycles. The summed E-state index contributed by atoms with van der Waals surface area (Å²) >= 11 is 0. The van der Waals surface area contributed by atoms with Crippen LogP contribution in [0, 0.1) is 11.8 Å². The number of amides is 8. The summed E-state index contributed by atoms with van der Waals surface area (Å²) < 4.78 is 0. The molecule has 4 aliphatic rings. The van der Waals surface area contributed by atoms with Crippen molar-refractivity contribution in [3.8, 4) is 5.75 Å². The summed E-state index contributed by atoms with van der Waals surface area (Å²) in [6.07, 6.45) is 4.96. The molecule has 0 bridgehead atoms. The molecule has 4 saturated heterocycles. The lowest BCUT2D eigenvalue weighted by molar-refractivity contribution is -0.153. The normalized spacial score (nSPS) is 22.2. The van der Waals surface area contributed by atoms with Crippen LogP contribution in [0.4, 0.5) is 0 Å². The van der Waals surface area contributed by atoms with Gasteiger partial charge in [-0.2, -0.15) is 0 Å². The van der Waals surface area contributed by atoms with Crippen LogP contribution in [0.25, 0.3) is 0 Å². The summed E-state index contributed by atoms with van der Waals surface area (Å²) in [5, 5.41) is 40.6. The number of carboxylic acids is 1. The van der Waals surface area contributed by atoms with Gasteiger partial charge in [-0.3, -0.25) is 38.4 Å². The second kappa shape index (κ2) is 25.6. The molecule has 0 radical (unpaired) electrons. The van der Waals surface area contributed by atoms with Crippen LogP contribution in [0.1, 0.15) is 110 Å². The van der Waals surface area contributed by atoms with E-state index >= 15 is 0 Å². The predicted molar refractivity (Wildman–Crippen MR) is 267 cm³/mol. The number of aromatic nitrogens is 2. The number of imidazole rings is 1. The molecule has 8 amide bonds. The number of aromatic hydroxyl groups is 1. The van der Waals surface area contributed by atoms with Crippen molar-refractivity contribution in [2.45, 2.75) is 172 Å². The van der Waals surface area contributed by atoms with E-state index in [0.29, 0.717) is 62.6 Å². The van der Waals surface area contributed by atoms with Crippen molar-refractivity contribution < 1.29 is 58.5 Å². The topological polar surface area (TPSA) is 330 Å². The number of benzene rings is 1. The van der Waals surface area contributed by atoms with E-state index in [0.717, 1.165) is 0 Å². The van der Waals surface area contributed by atoms with Gasteiger partial charge >= 0.3 is 5.97 Å². The van der Waals surface area contributed by atoms with Crippen molar-refractivity contribution >= 4 is 53.2 Å². The van der Waals surface area contributed by atoms with Gasteiger partial charge in [0.1, 0.15) is 54.1 Å². The number of aliphatic hydroxyl groups excluding tert-OH is 1. The van der Waals surface area contributed by atoms with Crippen LogP contribution in [0.3, 0.4) is 0 Å². The highest BCUT2D eigenvalue weighted by Gasteiger charge is 2.48. The molecule has 0 spiro atoms. The fourth-order valence-corrected chi connectivity index (χ4v) is 10.6. The number of nitrogens with two attached hydrogens (primary N) is 1. The van der Waals surface area contributed by atoms with Crippen LogP contribution in [-0.4, -0.2) is 185 Å². The van der Waals surface area contributed by atoms with Gasteiger partial charge in [-0.1, -0.05) is 39.8 Å². The van der Waals surface area contributed by atoms with E-state index in [1.54, 1.807) is 26.0 Å². The zero-order valence-corrected chi connectivity index (χ0v) is 43.0. The van der Waals surface area contributed by atoms with Crippen molar-refractivity contribution in [1.29, 1.82) is 0 Å². The van der Waals surface area contributed by atoms with Gasteiger partial charge in [0.25, 0.3) is 0 Å². The highest BCUT2D eigenvalue weighted by molar-refractivity contribution is 5.99. The average Bonchev–Trinajstić information content (AvgIpc) is 4.22. The van der Waals surface area contributed by atoms with Gasteiger partial charge in [0.2, 0.25) is 47.3 Å². The minimum absolute atomic E-state index is 0.0365. The first-order valence-corrected chi connectivity index (χ1v) is 26.0. The van der Waals surface area contributed by atoms with E-state index in [1.165, 1.54) is 51.2 Å². The maximum atomic E-state index is 14.6. The number of likely N-dealkylation sites (tertiary alicyclic amines) is 4. The number of phenols is 1. The number of aliphatic hydroxyl groups is 1. The molecular weight excluding hydrogens is 959 g/mol. The molecule has 1 aromatic heterocycles. The Morgan fingerprint density at radius 1 is 0.635 bits per heavy atom. The SMILES string of the molecule is CC(C)C[C@H](NC(=O)[C@@H](NC(=O)[C@H](Cc1cnc[nH]1)NC(=O)[C@@H]1CCCN1C(=O)[C@@H]1CCCN1C(=O)[C@@H]1CCCN1C(=O)[C@@H]1CCCN1C(=O)[C@H](Cc1ccc(O)cc1)NC(=O)[C@@H](N)CC(C)C)[C@@H](C)O)C(=O)O. The summed E-state index contributed by atoms with van der Waals surface area (Å²) in [6.45, 7) is 9.61. The van der Waals surface area contributed by atoms with Gasteiger partial charge in [-0.15, -0.1) is 0 Å². The second-order valence-corrected chi connectivity index (χ2v) is 21.0. The molecule has 10 atom stereocenters. The molecule has 23 nitrogen and oxygen atoms in total. The summed E-state index contributed by atoms with van der Waals surface area (Å²) in [7, 11) is 0. The number of phenolic OH excluding ortho intramolecular Hbond substituents is 1. The number of nitrogens with zero attached hydrogens (tertiary/aromatic N) is 5. The largest absolute Gasteiger partial charge is 0.508 e. The Labute approximate surface area is 431 Å². The standard InChI is InChI=1S/C51H75N11O12/c1-28(2)22-34(52)43(65)56-36(24-31-14-16-33(64)17-15-31)47(69)60-19-7-11-39(60)49(71)62-21-9-13-41(62)50(72)61-20-8-12-40(61)48(70)59-18-6-10-38(59)45(67)55-35(25-32-26-53-27-54-32)44(66)58-42(30(5)63)46(68)57-37(51(73)74)23-29(3)4/h14-17,26-30,34-42,63-64H,6-13,18-25,52H2,1-5H3,(H,53,54)(H,55,67)(H,56,65)(H,57,68)(H,58,66)(H,73,74)/t30-,34+,35+,36+,37+,38+,39+,40+,41+,42+/m1/s1. The van der Waals surface area contributed by atoms with E-state index in [9.17, 15) is 58.5 Å². The molecule has 4 fully saturated rings. The van der Waals surface area contributed by atoms with Crippen LogP contribution in [0.15, 0.2) is 36.8 Å². The third-order valence-electron chi connectivity index (χ3n) is 14.4. The smallest absolute Gasteiger partial charge is 0.326 e. The minimum atomic E-state index is -1.59. The molecule has 10 N–H and O–H groups in total. The van der Waals surface area contributed by atoms with Crippen molar-refractivity contribution in [1.82, 2.24) is 50.8 Å². The van der Waals surface area contributed by atoms with E-state index in [1.807, 2.05) is 13.8 Å². The number of carbonyl (C=O) groups excluding carboxylic acids is 8. The van der Waals surface area contributed by atoms with Crippen molar-refractivity contribution in [2.75, 3.05) is 26.2 Å². The number of aromatic amines is 1. The molecule has 0 aliphatic carbocycles. The second-order valence-electron chi connectivity index (χ2n) is 21.0. The summed E-state index contributed by atoms with van der Waals surface area (Å²) in [4.78, 5) is 138. The number of nitrogens with one attached hydrogen (secondary N) is 5. The number of carbonyl (C=O) groups is 9. The first-order valence-electron chi connectivity index (χ1n) is 26.0. The third-order valence-corrected chi connectivity index (χ3v) is 14.4. The highest BCUT2D eigenvalue weighted by Crippen LogP contribution is 2.31. The van der Waals surface area contributed by atoms with E-state index in [-0.39, 0.29) is 69.4 Å². The van der Waals surface area contributed by atoms with Gasteiger partial charge in [0, 0.05) is 50.9 Å². The maximum absolute atomic E-state index is 14.6. The first-order chi connectivity index (χ1) is 35.1. The highest BCUT2D eigenvalue weighted by atomic mass is 16.4. The number of aliphatic carboxylic acids is 1. The number of hydrogen-bond donors (Lipinski definition) is 9. The predicted octanol–water partition coefficient (Wildman–Crippen LogP) is -0.311. The maximum Gasteiger partial charge on any atom is 0.326 e. The summed E-state index contributed by atoms with van der Waals surface area (Å²) in [5.74, 6) is -5.94. The molecule has 406 valence electrons. The average molecular weight is 1030 g/mol. The Morgan fingerprint density at radius 2 is 1.14 bits per heavy atom.